The lowest BCUT2D eigenvalue weighted by Crippen LogP contribution is -2.32. The van der Waals surface area contributed by atoms with E-state index in [9.17, 15) is 19.0 Å². The van der Waals surface area contributed by atoms with Crippen molar-refractivity contribution < 1.29 is 28.7 Å². The molecule has 0 radical (unpaired) electrons. The van der Waals surface area contributed by atoms with Crippen LogP contribution in [0.15, 0.2) is 29.2 Å². The number of aliphatic carboxylic acids is 1. The molecular weight excluding hydrogens is 509 g/mol. The van der Waals surface area contributed by atoms with Crippen LogP contribution >= 0.6 is 19.4 Å². The summed E-state index contributed by atoms with van der Waals surface area (Å²) in [5.41, 5.74) is 0.827. The maximum Gasteiger partial charge on any atom is 0.341 e. The molecule has 0 aliphatic carbocycles. The van der Waals surface area contributed by atoms with Crippen LogP contribution in [-0.2, 0) is 18.7 Å². The van der Waals surface area contributed by atoms with Crippen LogP contribution in [0.2, 0.25) is 0 Å². The molecule has 1 heterocycles. The van der Waals surface area contributed by atoms with E-state index in [1.165, 1.54) is 43.9 Å². The number of hydrogen-bond acceptors (Lipinski definition) is 5. The van der Waals surface area contributed by atoms with Gasteiger partial charge in [-0.05, 0) is 44.2 Å². The molecule has 1 saturated heterocycles. The fourth-order valence-corrected chi connectivity index (χ4v) is 7.79. The van der Waals surface area contributed by atoms with Crippen LogP contribution in [0.4, 0.5) is 5.69 Å². The minimum atomic E-state index is -3.66. The molecule has 9 heteroatoms. The second-order valence-corrected chi connectivity index (χ2v) is 13.5. The number of amides is 1. The van der Waals surface area contributed by atoms with Crippen molar-refractivity contribution in [3.8, 4) is 0 Å². The van der Waals surface area contributed by atoms with Gasteiger partial charge in [-0.25, -0.2) is 0 Å². The fraction of sp³-hybridized carbons (Fsp3) is 0.714. The summed E-state index contributed by atoms with van der Waals surface area (Å²) < 4.78 is 17.7. The van der Waals surface area contributed by atoms with Crippen molar-refractivity contribution >= 4 is 36.9 Å². The first-order chi connectivity index (χ1) is 17.8. The zero-order valence-electron chi connectivity index (χ0n) is 22.4. The van der Waals surface area contributed by atoms with Crippen LogP contribution < -0.4 is 4.90 Å². The first-order valence-corrected chi connectivity index (χ1v) is 16.6. The van der Waals surface area contributed by atoms with Crippen molar-refractivity contribution in [2.24, 2.45) is 0 Å². The van der Waals surface area contributed by atoms with E-state index in [1.807, 2.05) is 29.2 Å². The first kappa shape index (κ1) is 31.9. The smallest absolute Gasteiger partial charge is 0.341 e. The minimum Gasteiger partial charge on any atom is -0.481 e. The van der Waals surface area contributed by atoms with Crippen molar-refractivity contribution in [3.63, 3.8) is 0 Å². The molecule has 1 aliphatic heterocycles. The summed E-state index contributed by atoms with van der Waals surface area (Å²) in [5, 5.41) is 8.65. The molecule has 2 unspecified atom stereocenters. The Morgan fingerprint density at radius 2 is 1.54 bits per heavy atom. The molecule has 1 aromatic rings. The molecule has 0 bridgehead atoms. The van der Waals surface area contributed by atoms with Gasteiger partial charge in [0.05, 0.1) is 12.3 Å². The largest absolute Gasteiger partial charge is 0.481 e. The van der Waals surface area contributed by atoms with Crippen molar-refractivity contribution in [3.05, 3.63) is 24.3 Å². The quantitative estimate of drug-likeness (QED) is 0.132. The lowest BCUT2D eigenvalue weighted by atomic mass is 10.0. The van der Waals surface area contributed by atoms with E-state index in [0.29, 0.717) is 26.0 Å². The van der Waals surface area contributed by atoms with E-state index in [2.05, 4.69) is 6.92 Å². The number of carbonyl (C=O) groups is 2. The number of para-hydroxylation sites is 1. The molecule has 1 amide bonds. The van der Waals surface area contributed by atoms with Crippen LogP contribution in [0.5, 0.6) is 0 Å². The van der Waals surface area contributed by atoms with E-state index >= 15 is 0 Å². The molecule has 0 saturated carbocycles. The van der Waals surface area contributed by atoms with Crippen molar-refractivity contribution in [2.75, 3.05) is 18.1 Å². The third kappa shape index (κ3) is 12.4. The minimum absolute atomic E-state index is 0.116. The highest BCUT2D eigenvalue weighted by Gasteiger charge is 2.37. The number of hydrogen-bond donors (Lipinski definition) is 2. The Morgan fingerprint density at radius 3 is 2.11 bits per heavy atom. The lowest BCUT2D eigenvalue weighted by Gasteiger charge is -2.29. The highest BCUT2D eigenvalue weighted by Crippen LogP contribution is 2.59. The molecule has 2 N–H and O–H groups in total. The maximum absolute atomic E-state index is 13.2. The zero-order chi connectivity index (χ0) is 26.9. The summed E-state index contributed by atoms with van der Waals surface area (Å²) in [6, 6.07) is 7.70. The van der Waals surface area contributed by atoms with Crippen LogP contribution in [-0.4, -0.2) is 40.0 Å². The van der Waals surface area contributed by atoms with Crippen LogP contribution in [0.3, 0.4) is 0 Å². The standard InChI is InChI=1S/C28H46NO6PS/c1-2-22-29(24-17-14-15-18-25(24)37-28-21-16-23-35-36(28,33)34)26(30)19-12-10-8-6-4-3-5-7-9-11-13-20-27(31)32/h14-15,17-18,28H,2-13,16,19-23H2,1H3,(H,31,32)(H,33,34). The molecule has 1 aromatic carbocycles. The van der Waals surface area contributed by atoms with Gasteiger partial charge in [0.25, 0.3) is 0 Å². The van der Waals surface area contributed by atoms with E-state index in [-0.39, 0.29) is 12.3 Å². The highest BCUT2D eigenvalue weighted by molar-refractivity contribution is 8.05. The number of benzene rings is 1. The Labute approximate surface area is 227 Å². The van der Waals surface area contributed by atoms with Crippen LogP contribution in [0.1, 0.15) is 110 Å². The second-order valence-electron chi connectivity index (χ2n) is 9.91. The summed E-state index contributed by atoms with van der Waals surface area (Å²) in [5.74, 6) is -0.584. The maximum atomic E-state index is 13.2. The summed E-state index contributed by atoms with van der Waals surface area (Å²) in [6.07, 6.45) is 15.0. The van der Waals surface area contributed by atoms with Gasteiger partial charge in [0.2, 0.25) is 5.91 Å². The molecule has 1 fully saturated rings. The molecule has 2 rings (SSSR count). The third-order valence-electron chi connectivity index (χ3n) is 6.68. The van der Waals surface area contributed by atoms with Crippen molar-refractivity contribution in [1.29, 1.82) is 0 Å². The first-order valence-electron chi connectivity index (χ1n) is 14.1. The van der Waals surface area contributed by atoms with Gasteiger partial charge < -0.3 is 19.4 Å². The molecule has 37 heavy (non-hydrogen) atoms. The average molecular weight is 556 g/mol. The summed E-state index contributed by atoms with van der Waals surface area (Å²) in [4.78, 5) is 36.1. The van der Waals surface area contributed by atoms with Gasteiger partial charge in [0, 0.05) is 24.3 Å². The van der Waals surface area contributed by atoms with E-state index in [4.69, 9.17) is 9.63 Å². The van der Waals surface area contributed by atoms with Gasteiger partial charge in [-0.15, -0.1) is 11.8 Å². The third-order valence-corrected chi connectivity index (χ3v) is 10.4. The Bertz CT molecular complexity index is 867. The van der Waals surface area contributed by atoms with Gasteiger partial charge in [-0.2, -0.15) is 0 Å². The van der Waals surface area contributed by atoms with Gasteiger partial charge >= 0.3 is 13.6 Å². The van der Waals surface area contributed by atoms with E-state index in [1.54, 1.807) is 0 Å². The number of carboxylic acids is 1. The van der Waals surface area contributed by atoms with Crippen molar-refractivity contribution in [2.45, 2.75) is 120 Å². The fourth-order valence-electron chi connectivity index (χ4n) is 4.63. The predicted molar refractivity (Wildman–Crippen MR) is 151 cm³/mol. The Balaban J connectivity index is 1.71. The van der Waals surface area contributed by atoms with Crippen LogP contribution in [0, 0.1) is 0 Å². The zero-order valence-corrected chi connectivity index (χ0v) is 24.2. The van der Waals surface area contributed by atoms with E-state index < -0.39 is 18.6 Å². The van der Waals surface area contributed by atoms with Gasteiger partial charge in [-0.1, -0.05) is 76.8 Å². The molecule has 210 valence electrons. The van der Waals surface area contributed by atoms with Crippen molar-refractivity contribution in [1.82, 2.24) is 0 Å². The Kier molecular flexibility index (Phi) is 15.5. The predicted octanol–water partition coefficient (Wildman–Crippen LogP) is 8.00. The Hall–Kier alpha value is -1.34. The summed E-state index contributed by atoms with van der Waals surface area (Å²) in [7, 11) is -3.66. The van der Waals surface area contributed by atoms with Gasteiger partial charge in [0.1, 0.15) is 4.99 Å². The van der Waals surface area contributed by atoms with Gasteiger partial charge in [0.15, 0.2) is 0 Å². The molecule has 0 aromatic heterocycles. The van der Waals surface area contributed by atoms with E-state index in [0.717, 1.165) is 61.9 Å². The molecule has 0 spiro atoms. The number of thioether (sulfide) groups is 1. The number of nitrogens with zero attached hydrogens (tertiary/aromatic N) is 1. The number of rotatable bonds is 19. The molecule has 7 nitrogen and oxygen atoms in total. The Morgan fingerprint density at radius 1 is 0.973 bits per heavy atom. The highest BCUT2D eigenvalue weighted by atomic mass is 32.2. The number of carbonyl (C=O) groups excluding carboxylic acids is 1. The van der Waals surface area contributed by atoms with Crippen LogP contribution in [0.25, 0.3) is 0 Å². The topological polar surface area (TPSA) is 104 Å². The summed E-state index contributed by atoms with van der Waals surface area (Å²) >= 11 is 1.36. The molecular formula is C28H46NO6PS. The number of carboxylic acid groups (broad SMARTS) is 1. The summed E-state index contributed by atoms with van der Waals surface area (Å²) in [6.45, 7) is 3.01. The second kappa shape index (κ2) is 18.0. The number of anilines is 1. The molecule has 1 aliphatic rings. The SMILES string of the molecule is CCCN(C(=O)CCCCCCCCCCCCCC(=O)O)c1ccccc1SC1CCCOP1(=O)O. The number of unbranched alkanes of at least 4 members (excludes halogenated alkanes) is 10. The normalized spacial score (nSPS) is 19.6. The lowest BCUT2D eigenvalue weighted by molar-refractivity contribution is -0.137. The molecule has 2 atom stereocenters. The monoisotopic (exact) mass is 555 g/mol. The average Bonchev–Trinajstić information content (AvgIpc) is 2.86. The van der Waals surface area contributed by atoms with Gasteiger partial charge in [-0.3, -0.25) is 14.2 Å².